The highest BCUT2D eigenvalue weighted by molar-refractivity contribution is 7.45. The maximum atomic E-state index is 12.6. The van der Waals surface area contributed by atoms with E-state index < -0.39 is 19.9 Å². The Balaban J connectivity index is 4.44. The molecule has 0 radical (unpaired) electrons. The highest BCUT2D eigenvalue weighted by Crippen LogP contribution is 2.38. The summed E-state index contributed by atoms with van der Waals surface area (Å²) in [5.41, 5.74) is 0. The number of esters is 1. The first-order chi connectivity index (χ1) is 27.6. The molecule has 328 valence electrons. The lowest BCUT2D eigenvalue weighted by atomic mass is 10.1. The van der Waals surface area contributed by atoms with E-state index in [1.807, 2.05) is 39.4 Å². The third-order valence-electron chi connectivity index (χ3n) is 9.00. The van der Waals surface area contributed by atoms with E-state index >= 15 is 0 Å². The molecule has 9 heteroatoms. The van der Waals surface area contributed by atoms with Crippen LogP contribution in [-0.4, -0.2) is 64.1 Å². The van der Waals surface area contributed by atoms with Crippen molar-refractivity contribution in [2.24, 2.45) is 0 Å². The van der Waals surface area contributed by atoms with Crippen molar-refractivity contribution < 1.29 is 37.3 Å². The molecule has 0 saturated heterocycles. The second kappa shape index (κ2) is 40.3. The zero-order chi connectivity index (χ0) is 42.0. The van der Waals surface area contributed by atoms with Gasteiger partial charge in [-0.2, -0.15) is 0 Å². The van der Waals surface area contributed by atoms with Crippen molar-refractivity contribution in [3.63, 3.8) is 0 Å². The fourth-order valence-corrected chi connectivity index (χ4v) is 6.22. The van der Waals surface area contributed by atoms with Crippen molar-refractivity contribution in [2.75, 3.05) is 47.5 Å². The molecule has 0 fully saturated rings. The van der Waals surface area contributed by atoms with Crippen molar-refractivity contribution in [3.8, 4) is 0 Å². The van der Waals surface area contributed by atoms with Crippen LogP contribution in [0.25, 0.3) is 0 Å². The molecule has 0 bridgehead atoms. The first-order valence-electron chi connectivity index (χ1n) is 22.4. The number of carbonyl (C=O) groups is 1. The Morgan fingerprint density at radius 2 is 0.982 bits per heavy atom. The van der Waals surface area contributed by atoms with Crippen molar-refractivity contribution in [2.45, 2.75) is 168 Å². The second-order valence-electron chi connectivity index (χ2n) is 15.8. The number of carbonyl (C=O) groups excluding carboxylic acids is 1. The van der Waals surface area contributed by atoms with Crippen molar-refractivity contribution in [1.29, 1.82) is 0 Å². The molecule has 0 aliphatic carbocycles. The smallest absolute Gasteiger partial charge is 0.306 e. The predicted octanol–water partition coefficient (Wildman–Crippen LogP) is 13.0. The van der Waals surface area contributed by atoms with E-state index in [-0.39, 0.29) is 26.2 Å². The normalized spacial score (nSPS) is 14.5. The number of allylic oxidation sites excluding steroid dienone is 13. The number of rotatable bonds is 40. The Morgan fingerprint density at radius 3 is 1.51 bits per heavy atom. The molecule has 0 aromatic carbocycles. The summed E-state index contributed by atoms with van der Waals surface area (Å²) in [4.78, 5) is 25.0. The zero-order valence-corrected chi connectivity index (χ0v) is 37.9. The fraction of sp³-hybridized carbons (Fsp3) is 0.688. The van der Waals surface area contributed by atoms with Gasteiger partial charge in [0.2, 0.25) is 0 Å². The van der Waals surface area contributed by atoms with Crippen LogP contribution in [0.1, 0.15) is 162 Å². The Kier molecular flexibility index (Phi) is 38.6. The van der Waals surface area contributed by atoms with E-state index in [0.717, 1.165) is 38.5 Å². The van der Waals surface area contributed by atoms with Crippen molar-refractivity contribution in [1.82, 2.24) is 0 Å². The summed E-state index contributed by atoms with van der Waals surface area (Å²) in [5, 5.41) is 0. The van der Waals surface area contributed by atoms with Crippen LogP contribution in [0.2, 0.25) is 0 Å². The van der Waals surface area contributed by atoms with Gasteiger partial charge in [-0.05, 0) is 89.5 Å². The maximum absolute atomic E-state index is 12.6. The first kappa shape index (κ1) is 54.5. The minimum atomic E-state index is -4.57. The lowest BCUT2D eigenvalue weighted by molar-refractivity contribution is -0.870. The molecule has 2 atom stereocenters. The van der Waals surface area contributed by atoms with Crippen LogP contribution in [0.5, 0.6) is 0 Å². The summed E-state index contributed by atoms with van der Waals surface area (Å²) in [6.45, 7) is 4.58. The molecule has 0 heterocycles. The van der Waals surface area contributed by atoms with Gasteiger partial charge in [-0.1, -0.05) is 145 Å². The van der Waals surface area contributed by atoms with E-state index in [2.05, 4.69) is 74.6 Å². The predicted molar refractivity (Wildman–Crippen MR) is 240 cm³/mol. The molecule has 0 aliphatic rings. The highest BCUT2D eigenvalue weighted by Gasteiger charge is 2.20. The maximum Gasteiger partial charge on any atom is 0.306 e. The molecule has 0 rings (SSSR count). The standard InChI is InChI=1S/C48H84NO7P/c1-6-8-10-12-14-16-18-20-22-24-25-26-27-29-31-33-35-37-39-41-48(50)56-47(46-55-57(51,52)54-44-42-49(3,4)5)45-53-43-40-38-36-34-32-30-28-23-21-19-17-15-13-11-9-7-2/h14,16-17,19-20,22,25-26,29,31,35,37,40,43,47H,6-13,15,18,21,23-24,27-28,30,32-34,36,38-39,41-42,44-46H2,1-5H3/b16-14-,19-17-,22-20-,26-25-,31-29-,37-35-,43-40-/t47-/m1/s1. The van der Waals surface area contributed by atoms with Gasteiger partial charge in [0.1, 0.15) is 19.8 Å². The summed E-state index contributed by atoms with van der Waals surface area (Å²) in [6.07, 6.45) is 54.2. The molecule has 0 spiro atoms. The van der Waals surface area contributed by atoms with Gasteiger partial charge < -0.3 is 27.9 Å². The number of ether oxygens (including phenoxy) is 2. The molecule has 0 aromatic heterocycles. The molecular weight excluding hydrogens is 734 g/mol. The van der Waals surface area contributed by atoms with E-state index in [1.165, 1.54) is 96.3 Å². The fourth-order valence-electron chi connectivity index (χ4n) is 5.49. The Bertz CT molecular complexity index is 1180. The molecule has 0 saturated carbocycles. The van der Waals surface area contributed by atoms with Crippen molar-refractivity contribution in [3.05, 3.63) is 85.3 Å². The van der Waals surface area contributed by atoms with Gasteiger partial charge in [0, 0.05) is 6.42 Å². The van der Waals surface area contributed by atoms with Crippen LogP contribution < -0.4 is 4.89 Å². The van der Waals surface area contributed by atoms with Crippen LogP contribution in [0.3, 0.4) is 0 Å². The van der Waals surface area contributed by atoms with Gasteiger partial charge in [0.15, 0.2) is 6.10 Å². The molecule has 8 nitrogen and oxygen atoms in total. The number of unbranched alkanes of at least 4 members (excludes halogenated alkanes) is 14. The molecular formula is C48H84NO7P. The Morgan fingerprint density at radius 1 is 0.561 bits per heavy atom. The number of hydrogen-bond acceptors (Lipinski definition) is 7. The van der Waals surface area contributed by atoms with Gasteiger partial charge >= 0.3 is 5.97 Å². The van der Waals surface area contributed by atoms with Crippen LogP contribution in [0, 0.1) is 0 Å². The number of phosphoric acid groups is 1. The average molecular weight is 818 g/mol. The molecule has 57 heavy (non-hydrogen) atoms. The van der Waals surface area contributed by atoms with Gasteiger partial charge in [-0.15, -0.1) is 0 Å². The highest BCUT2D eigenvalue weighted by atomic mass is 31.2. The number of hydrogen-bond donors (Lipinski definition) is 0. The third-order valence-corrected chi connectivity index (χ3v) is 9.96. The quantitative estimate of drug-likeness (QED) is 0.0152. The van der Waals surface area contributed by atoms with E-state index in [0.29, 0.717) is 17.4 Å². The minimum Gasteiger partial charge on any atom is -0.756 e. The SMILES string of the molecule is CCCCC/C=C\C/C=C\C/C=C\C/C=C\C/C=C\CCC(=O)O[C@H](CO/C=C\CCCCCCCC/C=C\CCCCCC)COP(=O)([O-])OCC[N+](C)(C)C. The lowest BCUT2D eigenvalue weighted by Crippen LogP contribution is -2.37. The molecule has 0 aromatic rings. The van der Waals surface area contributed by atoms with E-state index in [9.17, 15) is 14.3 Å². The molecule has 1 unspecified atom stereocenters. The van der Waals surface area contributed by atoms with Crippen LogP contribution in [-0.2, 0) is 27.9 Å². The van der Waals surface area contributed by atoms with Gasteiger partial charge in [-0.25, -0.2) is 0 Å². The van der Waals surface area contributed by atoms with Gasteiger partial charge in [0.25, 0.3) is 7.82 Å². The van der Waals surface area contributed by atoms with Crippen LogP contribution >= 0.6 is 7.82 Å². The third kappa shape index (κ3) is 44.5. The molecule has 0 N–H and O–H groups in total. The van der Waals surface area contributed by atoms with Gasteiger partial charge in [-0.3, -0.25) is 9.36 Å². The van der Waals surface area contributed by atoms with Crippen molar-refractivity contribution >= 4 is 13.8 Å². The second-order valence-corrected chi connectivity index (χ2v) is 17.2. The molecule has 0 amide bonds. The average Bonchev–Trinajstić information content (AvgIpc) is 3.16. The summed E-state index contributed by atoms with van der Waals surface area (Å²) in [6, 6.07) is 0. The van der Waals surface area contributed by atoms with E-state index in [1.54, 1.807) is 6.26 Å². The lowest BCUT2D eigenvalue weighted by Gasteiger charge is -2.28. The first-order valence-corrected chi connectivity index (χ1v) is 23.8. The zero-order valence-electron chi connectivity index (χ0n) is 37.0. The molecule has 0 aliphatic heterocycles. The summed E-state index contributed by atoms with van der Waals surface area (Å²) < 4.78 is 34.2. The van der Waals surface area contributed by atoms with Crippen LogP contribution in [0.4, 0.5) is 0 Å². The summed E-state index contributed by atoms with van der Waals surface area (Å²) in [7, 11) is 1.26. The number of nitrogens with zero attached hydrogens (tertiary/aromatic N) is 1. The van der Waals surface area contributed by atoms with Gasteiger partial charge in [0.05, 0.1) is 34.0 Å². The number of phosphoric ester groups is 1. The number of likely N-dealkylation sites (N-methyl/N-ethyl adjacent to an activating group) is 1. The number of quaternary nitrogens is 1. The monoisotopic (exact) mass is 818 g/mol. The Labute approximate surface area is 350 Å². The summed E-state index contributed by atoms with van der Waals surface area (Å²) >= 11 is 0. The van der Waals surface area contributed by atoms with Crippen LogP contribution in [0.15, 0.2) is 85.3 Å². The Hall–Kier alpha value is -2.48. The summed E-state index contributed by atoms with van der Waals surface area (Å²) in [5.74, 6) is -0.441. The largest absolute Gasteiger partial charge is 0.756 e. The topological polar surface area (TPSA) is 94.1 Å². The van der Waals surface area contributed by atoms with E-state index in [4.69, 9.17) is 18.5 Å². The minimum absolute atomic E-state index is 0.00202.